The fourth-order valence-electron chi connectivity index (χ4n) is 15.7. The van der Waals surface area contributed by atoms with Crippen molar-refractivity contribution in [1.29, 1.82) is 0 Å². The van der Waals surface area contributed by atoms with Crippen LogP contribution in [0.5, 0.6) is 0 Å². The van der Waals surface area contributed by atoms with Crippen LogP contribution in [0.25, 0.3) is 0 Å². The molecule has 3 aliphatic heterocycles. The van der Waals surface area contributed by atoms with E-state index in [-0.39, 0.29) is 47.3 Å². The highest BCUT2D eigenvalue weighted by atomic mass is 16.8. The molecule has 20 heteroatoms. The van der Waals surface area contributed by atoms with Gasteiger partial charge in [0.25, 0.3) is 0 Å². The number of rotatable bonds is 14. The lowest BCUT2D eigenvalue weighted by atomic mass is 9.33. The molecule has 0 aromatic carbocycles. The zero-order chi connectivity index (χ0) is 53.4. The molecule has 0 aromatic heterocycles. The standard InChI is InChI=1S/C53H86N2O18/c1-26-42(71-44-40(65)37(62)29(58)24-68-44)39(64)41(66)45(69-26)72-43-38(63)36(55-35(61)11-9-8-10-20-54)30(23-56)70-46(43)73-47(67)53-19-18-48(2,3)21-28(53)27-12-13-32-49(4)16-15-33(59)50(5,25-57)31(49)14-17-51(32,6)52(27,7)22-34(53)60/h12,25-26,28-34,36-46,56,58-60,62-66H,8-11,13-24,54H2,1-7H3,(H,55,61)/t26?,28?,29-,30?,31-,32?,33+,34-,36+,37?,38?,39?,40?,41?,42+,43?,44+,45+,46+,49?,50?,51+,52-,53-/m1/s1. The van der Waals surface area contributed by atoms with Gasteiger partial charge in [-0.05, 0) is 124 Å². The molecule has 0 bridgehead atoms. The van der Waals surface area contributed by atoms with Crippen LogP contribution in [0.1, 0.15) is 132 Å². The molecule has 7 fully saturated rings. The highest BCUT2D eigenvalue weighted by Gasteiger charge is 2.72. The van der Waals surface area contributed by atoms with Gasteiger partial charge in [0.2, 0.25) is 12.2 Å². The van der Waals surface area contributed by atoms with Gasteiger partial charge in [-0.25, -0.2) is 0 Å². The molecular formula is C53H86N2O18. The number of unbranched alkanes of at least 4 members (excludes halogenated alkanes) is 2. The predicted molar refractivity (Wildman–Crippen MR) is 258 cm³/mol. The van der Waals surface area contributed by atoms with Gasteiger partial charge in [0.1, 0.15) is 60.5 Å². The Hall–Kier alpha value is -2.25. The molecule has 12 unspecified atom stereocenters. The topological polar surface area (TPSA) is 327 Å². The first-order valence-corrected chi connectivity index (χ1v) is 26.9. The number of ether oxygens (including phenoxy) is 6. The lowest BCUT2D eigenvalue weighted by Crippen LogP contribution is -2.69. The fraction of sp³-hybridized carbons (Fsp3) is 0.906. The molecule has 8 rings (SSSR count). The fourth-order valence-corrected chi connectivity index (χ4v) is 15.7. The van der Waals surface area contributed by atoms with Crippen molar-refractivity contribution in [2.75, 3.05) is 19.8 Å². The van der Waals surface area contributed by atoms with E-state index < -0.39 is 145 Å². The normalized spacial score (nSPS) is 50.5. The first kappa shape index (κ1) is 56.9. The van der Waals surface area contributed by atoms with Gasteiger partial charge >= 0.3 is 5.97 Å². The van der Waals surface area contributed by atoms with Crippen molar-refractivity contribution in [3.63, 3.8) is 0 Å². The number of carbonyl (C=O) groups is 3. The highest BCUT2D eigenvalue weighted by molar-refractivity contribution is 5.80. The van der Waals surface area contributed by atoms with Crippen molar-refractivity contribution in [3.8, 4) is 0 Å². The van der Waals surface area contributed by atoms with E-state index in [9.17, 15) is 55.5 Å². The van der Waals surface area contributed by atoms with E-state index in [0.29, 0.717) is 51.5 Å². The monoisotopic (exact) mass is 1040 g/mol. The van der Waals surface area contributed by atoms with Crippen LogP contribution in [-0.4, -0.2) is 182 Å². The number of nitrogens with two attached hydrogens (primary N) is 1. The molecule has 4 saturated carbocycles. The summed E-state index contributed by atoms with van der Waals surface area (Å²) in [6.45, 7) is 13.8. The number of amides is 1. The Balaban J connectivity index is 1.10. The van der Waals surface area contributed by atoms with Crippen LogP contribution in [0.4, 0.5) is 0 Å². The number of aliphatic hydroxyl groups is 9. The Labute approximate surface area is 428 Å². The molecule has 5 aliphatic carbocycles. The van der Waals surface area contributed by atoms with Crippen LogP contribution in [0, 0.1) is 50.2 Å². The van der Waals surface area contributed by atoms with E-state index in [2.05, 4.69) is 46.0 Å². The quantitative estimate of drug-likeness (QED) is 0.0491. The molecule has 1 amide bonds. The van der Waals surface area contributed by atoms with Gasteiger partial charge in [-0.2, -0.15) is 0 Å². The second kappa shape index (κ2) is 21.2. The van der Waals surface area contributed by atoms with Crippen molar-refractivity contribution in [2.45, 2.75) is 230 Å². The van der Waals surface area contributed by atoms with Crippen LogP contribution in [-0.2, 0) is 42.8 Å². The van der Waals surface area contributed by atoms with Gasteiger partial charge in [0, 0.05) is 6.42 Å². The van der Waals surface area contributed by atoms with Gasteiger partial charge in [-0.1, -0.05) is 59.6 Å². The van der Waals surface area contributed by atoms with Gasteiger partial charge in [0.15, 0.2) is 18.7 Å². The summed E-state index contributed by atoms with van der Waals surface area (Å²) in [6.07, 6.45) is -12.8. The van der Waals surface area contributed by atoms with Crippen LogP contribution in [0.3, 0.4) is 0 Å². The van der Waals surface area contributed by atoms with E-state index in [4.69, 9.17) is 34.2 Å². The van der Waals surface area contributed by atoms with Crippen LogP contribution in [0.15, 0.2) is 11.6 Å². The molecule has 0 radical (unpaired) electrons. The van der Waals surface area contributed by atoms with Gasteiger partial charge in [-0.15, -0.1) is 0 Å². The first-order valence-electron chi connectivity index (χ1n) is 26.9. The lowest BCUT2D eigenvalue weighted by Gasteiger charge is -2.71. The summed E-state index contributed by atoms with van der Waals surface area (Å²) in [5.74, 6) is -1.72. The largest absolute Gasteiger partial charge is 0.432 e. The highest BCUT2D eigenvalue weighted by Crippen LogP contribution is 2.76. The average Bonchev–Trinajstić information content (AvgIpc) is 3.33. The maximum Gasteiger partial charge on any atom is 0.317 e. The molecular weight excluding hydrogens is 953 g/mol. The number of allylic oxidation sites excluding steroid dienone is 2. The summed E-state index contributed by atoms with van der Waals surface area (Å²) >= 11 is 0. The summed E-state index contributed by atoms with van der Waals surface area (Å²) in [6, 6.07) is -1.34. The third-order valence-corrected chi connectivity index (χ3v) is 20.3. The van der Waals surface area contributed by atoms with E-state index in [1.807, 2.05) is 6.92 Å². The number of hydrogen-bond donors (Lipinski definition) is 11. The van der Waals surface area contributed by atoms with Crippen molar-refractivity contribution < 1.29 is 88.8 Å². The molecule has 8 aliphatic rings. The summed E-state index contributed by atoms with van der Waals surface area (Å²) in [5.41, 5.74) is 2.84. The third-order valence-electron chi connectivity index (χ3n) is 20.3. The zero-order valence-corrected chi connectivity index (χ0v) is 43.7. The number of aldehydes is 1. The first-order chi connectivity index (χ1) is 34.3. The summed E-state index contributed by atoms with van der Waals surface area (Å²) in [5, 5.41) is 104. The Morgan fingerprint density at radius 3 is 2.16 bits per heavy atom. The molecule has 0 aromatic rings. The molecule has 20 nitrogen and oxygen atoms in total. The van der Waals surface area contributed by atoms with E-state index in [1.165, 1.54) is 6.92 Å². The van der Waals surface area contributed by atoms with E-state index in [0.717, 1.165) is 31.1 Å². The Morgan fingerprint density at radius 2 is 1.48 bits per heavy atom. The predicted octanol–water partition coefficient (Wildman–Crippen LogP) is 0.600. The summed E-state index contributed by atoms with van der Waals surface area (Å²) in [4.78, 5) is 41.7. The van der Waals surface area contributed by atoms with Crippen molar-refractivity contribution in [1.82, 2.24) is 5.32 Å². The van der Waals surface area contributed by atoms with Crippen molar-refractivity contribution in [3.05, 3.63) is 11.6 Å². The minimum absolute atomic E-state index is 0.0375. The van der Waals surface area contributed by atoms with Crippen LogP contribution < -0.4 is 11.1 Å². The zero-order valence-electron chi connectivity index (χ0n) is 43.7. The minimum atomic E-state index is -1.93. The molecule has 0 spiro atoms. The smallest absolute Gasteiger partial charge is 0.317 e. The van der Waals surface area contributed by atoms with Crippen molar-refractivity contribution in [2.24, 2.45) is 56.0 Å². The Kier molecular flexibility index (Phi) is 16.5. The third kappa shape index (κ3) is 9.59. The Morgan fingerprint density at radius 1 is 0.781 bits per heavy atom. The van der Waals surface area contributed by atoms with Gasteiger partial charge in [0.05, 0.1) is 43.0 Å². The maximum absolute atomic E-state index is 15.6. The number of nitrogens with one attached hydrogen (secondary N) is 1. The molecule has 416 valence electrons. The van der Waals surface area contributed by atoms with Gasteiger partial charge in [-0.3, -0.25) is 9.59 Å². The molecule has 3 saturated heterocycles. The second-order valence-electron chi connectivity index (χ2n) is 25.0. The van der Waals surface area contributed by atoms with E-state index >= 15 is 4.79 Å². The van der Waals surface area contributed by atoms with E-state index in [1.54, 1.807) is 0 Å². The summed E-state index contributed by atoms with van der Waals surface area (Å²) < 4.78 is 36.2. The number of fused-ring (bicyclic) bond motifs is 7. The minimum Gasteiger partial charge on any atom is -0.432 e. The summed E-state index contributed by atoms with van der Waals surface area (Å²) in [7, 11) is 0. The SMILES string of the molecule is CC1O[C@@H](OC2C(O)[C@@H](NC(=O)CCCCCN)C(CO)O[C@H]2OC(=O)[C@]23CCC(C)(C)CC2C2=CCC4C5(C)CC[C@H](O)C(C)(C=O)[C@@H]5CC[C@]4(C)[C@]2(C)C[C@H]3O)C(O)C(O)[C@H]1O[C@@H]1OC[C@@H](O)C(O)C1O. The molecule has 12 N–H and O–H groups in total. The average molecular weight is 1040 g/mol. The number of esters is 1. The molecule has 24 atom stereocenters. The molecule has 3 heterocycles. The molecule has 73 heavy (non-hydrogen) atoms. The number of carbonyl (C=O) groups excluding carboxylic acids is 3. The number of hydrogen-bond acceptors (Lipinski definition) is 19. The second-order valence-corrected chi connectivity index (χ2v) is 25.0. The van der Waals surface area contributed by atoms with Crippen LogP contribution >= 0.6 is 0 Å². The lowest BCUT2D eigenvalue weighted by molar-refractivity contribution is -0.370. The van der Waals surface area contributed by atoms with Crippen LogP contribution in [0.2, 0.25) is 0 Å². The van der Waals surface area contributed by atoms with Gasteiger partial charge < -0.3 is 90.2 Å². The number of aliphatic hydroxyl groups excluding tert-OH is 9. The Bertz CT molecular complexity index is 2030. The van der Waals surface area contributed by atoms with Crippen molar-refractivity contribution >= 4 is 18.2 Å². The maximum atomic E-state index is 15.6.